The Balaban J connectivity index is 1.59. The van der Waals surface area contributed by atoms with Gasteiger partial charge in [-0.2, -0.15) is 0 Å². The summed E-state index contributed by atoms with van der Waals surface area (Å²) < 4.78 is 3.08. The fraction of sp³-hybridized carbons (Fsp3) is 0.348. The first-order valence-corrected chi connectivity index (χ1v) is 12.1. The van der Waals surface area contributed by atoms with E-state index in [0.717, 1.165) is 40.4 Å². The number of carbonyl (C=O) groups excluding carboxylic acids is 1. The van der Waals surface area contributed by atoms with Crippen molar-refractivity contribution in [3.05, 3.63) is 64.6 Å². The van der Waals surface area contributed by atoms with Crippen LogP contribution in [0.2, 0.25) is 0 Å². The fourth-order valence-corrected chi connectivity index (χ4v) is 5.11. The molecule has 2 aromatic carbocycles. The van der Waals surface area contributed by atoms with Gasteiger partial charge in [0.25, 0.3) is 0 Å². The molecular formula is C23H25BrN4OS. The molecule has 1 fully saturated rings. The van der Waals surface area contributed by atoms with Crippen LogP contribution in [0.5, 0.6) is 0 Å². The van der Waals surface area contributed by atoms with Gasteiger partial charge in [-0.05, 0) is 37.8 Å². The predicted molar refractivity (Wildman–Crippen MR) is 124 cm³/mol. The van der Waals surface area contributed by atoms with E-state index in [4.69, 9.17) is 0 Å². The molecule has 0 spiro atoms. The molecule has 0 aliphatic carbocycles. The number of piperidine rings is 1. The highest BCUT2D eigenvalue weighted by atomic mass is 79.9. The van der Waals surface area contributed by atoms with E-state index < -0.39 is 0 Å². The van der Waals surface area contributed by atoms with Gasteiger partial charge in [0.1, 0.15) is 0 Å². The van der Waals surface area contributed by atoms with Crippen LogP contribution >= 0.6 is 27.7 Å². The first-order valence-electron chi connectivity index (χ1n) is 10.3. The number of nitrogens with zero attached hydrogens (tertiary/aromatic N) is 4. The van der Waals surface area contributed by atoms with E-state index in [2.05, 4.69) is 49.8 Å². The van der Waals surface area contributed by atoms with Crippen molar-refractivity contribution >= 4 is 33.6 Å². The number of thioether (sulfide) groups is 1. The standard InChI is InChI=1S/C23H25BrN4OS/c1-17-9-7-8-14-27(17)21(29)16-30-23-26-25-22(19-12-5-6-13-20(19)24)28(23)15-18-10-3-2-4-11-18/h2-6,10-13,17H,7-9,14-16H2,1H3/t17-/m0/s1. The molecule has 5 nitrogen and oxygen atoms in total. The molecular weight excluding hydrogens is 460 g/mol. The lowest BCUT2D eigenvalue weighted by atomic mass is 10.0. The third kappa shape index (κ3) is 4.78. The number of carbonyl (C=O) groups is 1. The fourth-order valence-electron chi connectivity index (χ4n) is 3.82. The number of rotatable bonds is 6. The average molecular weight is 485 g/mol. The zero-order chi connectivity index (χ0) is 20.9. The summed E-state index contributed by atoms with van der Waals surface area (Å²) >= 11 is 5.11. The van der Waals surface area contributed by atoms with E-state index in [9.17, 15) is 4.79 Å². The summed E-state index contributed by atoms with van der Waals surface area (Å²) in [5.41, 5.74) is 2.16. The molecule has 0 N–H and O–H groups in total. The third-order valence-electron chi connectivity index (χ3n) is 5.46. The van der Waals surface area contributed by atoms with Crippen LogP contribution in [0.4, 0.5) is 0 Å². The zero-order valence-corrected chi connectivity index (χ0v) is 19.4. The number of amides is 1. The van der Waals surface area contributed by atoms with E-state index >= 15 is 0 Å². The van der Waals surface area contributed by atoms with E-state index in [1.807, 2.05) is 47.4 Å². The molecule has 1 saturated heterocycles. The average Bonchev–Trinajstić information content (AvgIpc) is 3.15. The van der Waals surface area contributed by atoms with Crippen LogP contribution in [0.3, 0.4) is 0 Å². The Hall–Kier alpha value is -2.12. The Labute approximate surface area is 190 Å². The molecule has 0 unspecified atom stereocenters. The third-order valence-corrected chi connectivity index (χ3v) is 7.11. The van der Waals surface area contributed by atoms with Gasteiger partial charge in [0, 0.05) is 22.6 Å². The summed E-state index contributed by atoms with van der Waals surface area (Å²) in [5.74, 6) is 1.37. The number of hydrogen-bond acceptors (Lipinski definition) is 4. The molecule has 7 heteroatoms. The van der Waals surface area contributed by atoms with Crippen molar-refractivity contribution in [1.29, 1.82) is 0 Å². The van der Waals surface area contributed by atoms with E-state index in [0.29, 0.717) is 18.3 Å². The van der Waals surface area contributed by atoms with Crippen LogP contribution in [-0.2, 0) is 11.3 Å². The van der Waals surface area contributed by atoms with Crippen LogP contribution in [0.25, 0.3) is 11.4 Å². The van der Waals surface area contributed by atoms with Crippen molar-refractivity contribution in [2.75, 3.05) is 12.3 Å². The smallest absolute Gasteiger partial charge is 0.233 e. The van der Waals surface area contributed by atoms with Gasteiger partial charge in [-0.15, -0.1) is 10.2 Å². The Kier molecular flexibility index (Phi) is 6.89. The maximum absolute atomic E-state index is 12.8. The van der Waals surface area contributed by atoms with Crippen molar-refractivity contribution in [2.24, 2.45) is 0 Å². The molecule has 156 valence electrons. The molecule has 0 radical (unpaired) electrons. The first-order chi connectivity index (χ1) is 14.6. The second kappa shape index (κ2) is 9.79. The van der Waals surface area contributed by atoms with Gasteiger partial charge in [0.15, 0.2) is 11.0 Å². The van der Waals surface area contributed by atoms with E-state index in [-0.39, 0.29) is 5.91 Å². The number of aromatic nitrogens is 3. The van der Waals surface area contributed by atoms with Gasteiger partial charge in [-0.25, -0.2) is 0 Å². The second-order valence-corrected chi connectivity index (χ2v) is 9.38. The van der Waals surface area contributed by atoms with Crippen LogP contribution < -0.4 is 0 Å². The lowest BCUT2D eigenvalue weighted by Crippen LogP contribution is -2.43. The minimum atomic E-state index is 0.184. The summed E-state index contributed by atoms with van der Waals surface area (Å²) in [6.45, 7) is 3.66. The molecule has 0 bridgehead atoms. The Bertz CT molecular complexity index is 1010. The summed E-state index contributed by atoms with van der Waals surface area (Å²) in [6.07, 6.45) is 3.39. The Morgan fingerprint density at radius 3 is 2.63 bits per heavy atom. The molecule has 1 aliphatic rings. The van der Waals surface area contributed by atoms with Gasteiger partial charge < -0.3 is 4.90 Å². The monoisotopic (exact) mass is 484 g/mol. The summed E-state index contributed by atoms with van der Waals surface area (Å²) in [5, 5.41) is 9.70. The normalized spacial score (nSPS) is 16.6. The minimum absolute atomic E-state index is 0.184. The largest absolute Gasteiger partial charge is 0.339 e. The van der Waals surface area contributed by atoms with Gasteiger partial charge in [-0.3, -0.25) is 9.36 Å². The quantitative estimate of drug-likeness (QED) is 0.448. The van der Waals surface area contributed by atoms with Crippen molar-refractivity contribution < 1.29 is 4.79 Å². The molecule has 30 heavy (non-hydrogen) atoms. The maximum Gasteiger partial charge on any atom is 0.233 e. The van der Waals surface area contributed by atoms with E-state index in [1.54, 1.807) is 0 Å². The lowest BCUT2D eigenvalue weighted by Gasteiger charge is -2.33. The van der Waals surface area contributed by atoms with Crippen LogP contribution in [0, 0.1) is 0 Å². The number of halogens is 1. The first kappa shape index (κ1) is 21.1. The highest BCUT2D eigenvalue weighted by Crippen LogP contribution is 2.30. The van der Waals surface area contributed by atoms with Gasteiger partial charge in [0.2, 0.25) is 5.91 Å². The molecule has 1 aliphatic heterocycles. The summed E-state index contributed by atoms with van der Waals surface area (Å²) in [7, 11) is 0. The van der Waals surface area contributed by atoms with Crippen molar-refractivity contribution in [1.82, 2.24) is 19.7 Å². The van der Waals surface area contributed by atoms with Gasteiger partial charge in [0.05, 0.1) is 12.3 Å². The number of benzene rings is 2. The van der Waals surface area contributed by atoms with Crippen LogP contribution in [0.15, 0.2) is 64.2 Å². The topological polar surface area (TPSA) is 51.0 Å². The van der Waals surface area contributed by atoms with Gasteiger partial charge >= 0.3 is 0 Å². The Morgan fingerprint density at radius 2 is 1.87 bits per heavy atom. The molecule has 1 atom stereocenters. The molecule has 0 saturated carbocycles. The SMILES string of the molecule is C[C@H]1CCCCN1C(=O)CSc1nnc(-c2ccccc2Br)n1Cc1ccccc1. The van der Waals surface area contributed by atoms with Crippen molar-refractivity contribution in [3.63, 3.8) is 0 Å². The molecule has 4 rings (SSSR count). The molecule has 1 aromatic heterocycles. The summed E-state index contributed by atoms with van der Waals surface area (Å²) in [4.78, 5) is 14.8. The highest BCUT2D eigenvalue weighted by Gasteiger charge is 2.24. The molecule has 1 amide bonds. The van der Waals surface area contributed by atoms with Crippen LogP contribution in [0.1, 0.15) is 31.7 Å². The molecule has 2 heterocycles. The Morgan fingerprint density at radius 1 is 1.10 bits per heavy atom. The zero-order valence-electron chi connectivity index (χ0n) is 17.0. The summed E-state index contributed by atoms with van der Waals surface area (Å²) in [6, 6.07) is 18.6. The van der Waals surface area contributed by atoms with Crippen LogP contribution in [-0.4, -0.2) is 43.9 Å². The lowest BCUT2D eigenvalue weighted by molar-refractivity contribution is -0.131. The van der Waals surface area contributed by atoms with Crippen molar-refractivity contribution in [3.8, 4) is 11.4 Å². The number of likely N-dealkylation sites (tertiary alicyclic amines) is 1. The van der Waals surface area contributed by atoms with Gasteiger partial charge in [-0.1, -0.05) is 76.2 Å². The number of hydrogen-bond donors (Lipinski definition) is 0. The van der Waals surface area contributed by atoms with E-state index in [1.165, 1.54) is 23.7 Å². The maximum atomic E-state index is 12.8. The second-order valence-electron chi connectivity index (χ2n) is 7.58. The molecule has 3 aromatic rings. The van der Waals surface area contributed by atoms with Crippen molar-refractivity contribution in [2.45, 2.75) is 43.9 Å². The highest BCUT2D eigenvalue weighted by molar-refractivity contribution is 9.10. The minimum Gasteiger partial charge on any atom is -0.339 e. The predicted octanol–water partition coefficient (Wildman–Crippen LogP) is 5.25.